The highest BCUT2D eigenvalue weighted by Gasteiger charge is 2.62. The third-order valence-corrected chi connectivity index (χ3v) is 8.72. The Bertz CT molecular complexity index is 652. The Morgan fingerprint density at radius 3 is 2.60 bits per heavy atom. The Morgan fingerprint density at radius 1 is 1.20 bits per heavy atom. The molecule has 0 radical (unpaired) electrons. The number of halogens is 1. The minimum atomic E-state index is -0.982. The van der Waals surface area contributed by atoms with E-state index in [-0.39, 0.29) is 22.5 Å². The predicted octanol–water partition coefficient (Wildman–Crippen LogP) is 4.92. The summed E-state index contributed by atoms with van der Waals surface area (Å²) in [6.07, 6.45) is 5.76. The molecule has 0 N–H and O–H groups in total. The lowest BCUT2D eigenvalue weighted by molar-refractivity contribution is -0.130. The van der Waals surface area contributed by atoms with Gasteiger partial charge in [0.1, 0.15) is 12.0 Å². The van der Waals surface area contributed by atoms with Crippen LogP contribution < -0.4 is 0 Å². The standard InChI is InChI=1S/C22H31FO2/c1-12-9-17-15-11-19(23)18-10-14(25)5-7-21(18,3)16(15)6-8-22(17,4)20(12)13(2)24/h10,12,15-17,19-20H,5-9,11H2,1-4H3/t12-,15-,16+,17+,19-,20-,21-,22+/m1/s1. The molecule has 4 aliphatic carbocycles. The van der Waals surface area contributed by atoms with Crippen LogP contribution in [-0.4, -0.2) is 17.7 Å². The molecule has 2 nitrogen and oxygen atoms in total. The molecule has 25 heavy (non-hydrogen) atoms. The zero-order valence-corrected chi connectivity index (χ0v) is 16.0. The largest absolute Gasteiger partial charge is 0.300 e. The molecule has 0 aromatic rings. The molecule has 0 bridgehead atoms. The fourth-order valence-corrected chi connectivity index (χ4v) is 7.79. The molecular weight excluding hydrogens is 315 g/mol. The Hall–Kier alpha value is -0.990. The first kappa shape index (κ1) is 17.4. The molecule has 138 valence electrons. The van der Waals surface area contributed by atoms with Gasteiger partial charge in [0.25, 0.3) is 0 Å². The van der Waals surface area contributed by atoms with Crippen molar-refractivity contribution in [1.82, 2.24) is 0 Å². The topological polar surface area (TPSA) is 34.1 Å². The second-order valence-electron chi connectivity index (χ2n) is 9.91. The molecule has 0 unspecified atom stereocenters. The lowest BCUT2D eigenvalue weighted by Crippen LogP contribution is -2.53. The van der Waals surface area contributed by atoms with Crippen LogP contribution in [0.3, 0.4) is 0 Å². The summed E-state index contributed by atoms with van der Waals surface area (Å²) in [6, 6.07) is 0. The number of Topliss-reactive ketones (excluding diaryl/α,β-unsaturated/α-hetero) is 1. The van der Waals surface area contributed by atoms with Crippen molar-refractivity contribution in [3.8, 4) is 0 Å². The van der Waals surface area contributed by atoms with Gasteiger partial charge in [0.15, 0.2) is 5.78 Å². The van der Waals surface area contributed by atoms with E-state index in [1.54, 1.807) is 13.0 Å². The lowest BCUT2D eigenvalue weighted by atomic mass is 9.46. The van der Waals surface area contributed by atoms with Crippen LogP contribution in [0, 0.1) is 40.4 Å². The van der Waals surface area contributed by atoms with Crippen LogP contribution in [0.5, 0.6) is 0 Å². The van der Waals surface area contributed by atoms with Crippen LogP contribution in [0.25, 0.3) is 0 Å². The zero-order valence-electron chi connectivity index (χ0n) is 16.0. The van der Waals surface area contributed by atoms with Crippen molar-refractivity contribution < 1.29 is 14.0 Å². The van der Waals surface area contributed by atoms with Gasteiger partial charge in [-0.05, 0) is 85.2 Å². The average Bonchev–Trinajstić information content (AvgIpc) is 2.80. The molecule has 0 saturated heterocycles. The molecular formula is C22H31FO2. The highest BCUT2D eigenvalue weighted by molar-refractivity contribution is 5.91. The molecule has 4 aliphatic rings. The van der Waals surface area contributed by atoms with Gasteiger partial charge in [-0.1, -0.05) is 20.8 Å². The predicted molar refractivity (Wildman–Crippen MR) is 95.7 cm³/mol. The van der Waals surface area contributed by atoms with E-state index in [0.29, 0.717) is 42.3 Å². The smallest absolute Gasteiger partial charge is 0.155 e. The molecule has 0 aliphatic heterocycles. The first-order valence-corrected chi connectivity index (χ1v) is 10.1. The van der Waals surface area contributed by atoms with E-state index in [4.69, 9.17) is 0 Å². The Labute approximate surface area is 150 Å². The highest BCUT2D eigenvalue weighted by atomic mass is 19.1. The fraction of sp³-hybridized carbons (Fsp3) is 0.818. The number of rotatable bonds is 1. The summed E-state index contributed by atoms with van der Waals surface area (Å²) in [5, 5.41) is 0. The van der Waals surface area contributed by atoms with Crippen LogP contribution in [0.1, 0.15) is 66.2 Å². The molecule has 4 rings (SSSR count). The van der Waals surface area contributed by atoms with Crippen molar-refractivity contribution >= 4 is 11.6 Å². The summed E-state index contributed by atoms with van der Waals surface area (Å²) in [4.78, 5) is 24.2. The molecule has 8 atom stereocenters. The van der Waals surface area contributed by atoms with Crippen LogP contribution in [-0.2, 0) is 9.59 Å². The lowest BCUT2D eigenvalue weighted by Gasteiger charge is -2.58. The number of carbonyl (C=O) groups excluding carboxylic acids is 2. The van der Waals surface area contributed by atoms with Gasteiger partial charge in [-0.25, -0.2) is 4.39 Å². The molecule has 0 heterocycles. The fourth-order valence-electron chi connectivity index (χ4n) is 7.79. The van der Waals surface area contributed by atoms with Gasteiger partial charge in [0, 0.05) is 12.3 Å². The van der Waals surface area contributed by atoms with Crippen LogP contribution in [0.15, 0.2) is 11.6 Å². The number of alkyl halides is 1. The summed E-state index contributed by atoms with van der Waals surface area (Å²) >= 11 is 0. The molecule has 3 heteroatoms. The van der Waals surface area contributed by atoms with Crippen molar-refractivity contribution in [2.24, 2.45) is 40.4 Å². The van der Waals surface area contributed by atoms with Crippen molar-refractivity contribution in [3.05, 3.63) is 11.6 Å². The van der Waals surface area contributed by atoms with E-state index in [9.17, 15) is 9.59 Å². The number of hydrogen-bond donors (Lipinski definition) is 0. The maximum atomic E-state index is 15.2. The van der Waals surface area contributed by atoms with Crippen molar-refractivity contribution in [2.75, 3.05) is 0 Å². The SMILES string of the molecule is CC(=O)[C@H]1[C@H](C)C[C@H]2[C@@H]3C[C@@H](F)C4=CC(=O)CC[C@]4(C)[C@H]3CC[C@@]21C. The van der Waals surface area contributed by atoms with Gasteiger partial charge >= 0.3 is 0 Å². The van der Waals surface area contributed by atoms with E-state index in [0.717, 1.165) is 31.3 Å². The summed E-state index contributed by atoms with van der Waals surface area (Å²) in [6.45, 7) is 8.47. The van der Waals surface area contributed by atoms with Crippen molar-refractivity contribution in [3.63, 3.8) is 0 Å². The van der Waals surface area contributed by atoms with Gasteiger partial charge < -0.3 is 0 Å². The van der Waals surface area contributed by atoms with Gasteiger partial charge in [0.05, 0.1) is 0 Å². The minimum Gasteiger partial charge on any atom is -0.300 e. The monoisotopic (exact) mass is 346 g/mol. The first-order chi connectivity index (χ1) is 11.7. The third kappa shape index (κ3) is 2.26. The number of ketones is 2. The zero-order chi connectivity index (χ0) is 18.1. The van der Waals surface area contributed by atoms with Gasteiger partial charge in [0.2, 0.25) is 0 Å². The van der Waals surface area contributed by atoms with E-state index >= 15 is 4.39 Å². The summed E-state index contributed by atoms with van der Waals surface area (Å²) in [7, 11) is 0. The maximum Gasteiger partial charge on any atom is 0.155 e. The first-order valence-electron chi connectivity index (χ1n) is 10.1. The summed E-state index contributed by atoms with van der Waals surface area (Å²) < 4.78 is 15.2. The Balaban J connectivity index is 1.73. The molecule has 3 fully saturated rings. The Kier molecular flexibility index (Phi) is 3.84. The molecule has 0 aromatic heterocycles. The van der Waals surface area contributed by atoms with Gasteiger partial charge in [-0.2, -0.15) is 0 Å². The molecule has 0 spiro atoms. The second kappa shape index (κ2) is 5.50. The Morgan fingerprint density at radius 2 is 1.92 bits per heavy atom. The minimum absolute atomic E-state index is 0.0359. The van der Waals surface area contributed by atoms with Crippen LogP contribution in [0.4, 0.5) is 4.39 Å². The summed E-state index contributed by atoms with van der Waals surface area (Å²) in [5.74, 6) is 2.23. The maximum absolute atomic E-state index is 15.2. The van der Waals surface area contributed by atoms with E-state index in [1.165, 1.54) is 0 Å². The molecule has 0 amide bonds. The molecule has 0 aromatic carbocycles. The van der Waals surface area contributed by atoms with Gasteiger partial charge in [-0.3, -0.25) is 9.59 Å². The highest BCUT2D eigenvalue weighted by Crippen LogP contribution is 2.67. The number of carbonyl (C=O) groups is 2. The summed E-state index contributed by atoms with van der Waals surface area (Å²) in [5.41, 5.74) is 0.659. The van der Waals surface area contributed by atoms with Gasteiger partial charge in [-0.15, -0.1) is 0 Å². The second-order valence-corrected chi connectivity index (χ2v) is 9.91. The molecule has 3 saturated carbocycles. The third-order valence-electron chi connectivity index (χ3n) is 8.72. The number of hydrogen-bond acceptors (Lipinski definition) is 2. The number of fused-ring (bicyclic) bond motifs is 5. The normalized spacial score (nSPS) is 52.0. The van der Waals surface area contributed by atoms with Crippen molar-refractivity contribution in [1.29, 1.82) is 0 Å². The van der Waals surface area contributed by atoms with E-state index in [1.807, 2.05) is 0 Å². The van der Waals surface area contributed by atoms with Crippen LogP contribution in [0.2, 0.25) is 0 Å². The van der Waals surface area contributed by atoms with E-state index in [2.05, 4.69) is 20.8 Å². The van der Waals surface area contributed by atoms with E-state index < -0.39 is 6.17 Å². The average molecular weight is 346 g/mol. The van der Waals surface area contributed by atoms with Crippen LogP contribution >= 0.6 is 0 Å². The van der Waals surface area contributed by atoms with Crippen molar-refractivity contribution in [2.45, 2.75) is 72.4 Å². The number of allylic oxidation sites excluding steroid dienone is 1. The quantitative estimate of drug-likeness (QED) is 0.675.